The van der Waals surface area contributed by atoms with Crippen molar-refractivity contribution in [2.75, 3.05) is 24.7 Å². The molecule has 1 aliphatic rings. The first kappa shape index (κ1) is 17.4. The van der Waals surface area contributed by atoms with Crippen molar-refractivity contribution in [3.63, 3.8) is 0 Å². The number of hydrogen-bond acceptors (Lipinski definition) is 6. The number of nitrogens with zero attached hydrogens (tertiary/aromatic N) is 3. The molecular formula is C20H23N3O2S. The smallest absolute Gasteiger partial charge is 0.141 e. The van der Waals surface area contributed by atoms with Crippen LogP contribution in [-0.2, 0) is 4.74 Å². The molecule has 6 heteroatoms. The van der Waals surface area contributed by atoms with Gasteiger partial charge < -0.3 is 14.7 Å². The van der Waals surface area contributed by atoms with Gasteiger partial charge in [0.1, 0.15) is 16.5 Å². The van der Waals surface area contributed by atoms with Crippen LogP contribution in [0.5, 0.6) is 0 Å². The molecule has 1 N–H and O–H groups in total. The van der Waals surface area contributed by atoms with E-state index in [4.69, 9.17) is 9.72 Å². The van der Waals surface area contributed by atoms with Gasteiger partial charge in [0.25, 0.3) is 0 Å². The summed E-state index contributed by atoms with van der Waals surface area (Å²) in [5.41, 5.74) is 2.14. The van der Waals surface area contributed by atoms with Crippen LogP contribution in [0.3, 0.4) is 0 Å². The van der Waals surface area contributed by atoms with Crippen LogP contribution in [0.4, 0.5) is 5.82 Å². The Bertz CT molecular complexity index is 897. The molecule has 5 nitrogen and oxygen atoms in total. The van der Waals surface area contributed by atoms with E-state index in [-0.39, 0.29) is 6.04 Å². The quantitative estimate of drug-likeness (QED) is 0.761. The minimum atomic E-state index is -0.521. The lowest BCUT2D eigenvalue weighted by molar-refractivity contribution is 0.0677. The number of anilines is 1. The van der Waals surface area contributed by atoms with Crippen molar-refractivity contribution in [2.45, 2.75) is 32.4 Å². The van der Waals surface area contributed by atoms with Crippen molar-refractivity contribution in [1.29, 1.82) is 0 Å². The van der Waals surface area contributed by atoms with Gasteiger partial charge in [-0.15, -0.1) is 11.3 Å². The first-order valence-corrected chi connectivity index (χ1v) is 9.81. The summed E-state index contributed by atoms with van der Waals surface area (Å²) in [6.45, 7) is 6.08. The zero-order valence-corrected chi connectivity index (χ0v) is 15.9. The number of hydrogen-bond donors (Lipinski definition) is 1. The third kappa shape index (κ3) is 3.32. The summed E-state index contributed by atoms with van der Waals surface area (Å²) < 4.78 is 5.73. The zero-order chi connectivity index (χ0) is 18.1. The highest BCUT2D eigenvalue weighted by molar-refractivity contribution is 7.17. The topological polar surface area (TPSA) is 58.5 Å². The molecule has 0 radical (unpaired) electrons. The lowest BCUT2D eigenvalue weighted by Crippen LogP contribution is -2.47. The van der Waals surface area contributed by atoms with Gasteiger partial charge >= 0.3 is 0 Å². The number of aromatic nitrogens is 2. The number of benzene rings is 1. The third-order valence-corrected chi connectivity index (χ3v) is 5.88. The van der Waals surface area contributed by atoms with Crippen molar-refractivity contribution in [3.05, 3.63) is 52.7 Å². The molecule has 3 aromatic rings. The summed E-state index contributed by atoms with van der Waals surface area (Å²) in [5.74, 6) is 1.75. The first-order valence-electron chi connectivity index (χ1n) is 8.93. The van der Waals surface area contributed by atoms with E-state index in [9.17, 15) is 5.11 Å². The lowest BCUT2D eigenvalue weighted by atomic mass is 10.0. The fourth-order valence-corrected chi connectivity index (χ4v) is 4.53. The fourth-order valence-electron chi connectivity index (χ4n) is 3.57. The summed E-state index contributed by atoms with van der Waals surface area (Å²) in [4.78, 5) is 12.7. The van der Waals surface area contributed by atoms with E-state index in [2.05, 4.69) is 22.2 Å². The van der Waals surface area contributed by atoms with Crippen molar-refractivity contribution in [1.82, 2.24) is 9.97 Å². The van der Waals surface area contributed by atoms with E-state index in [1.54, 1.807) is 11.3 Å². The number of thiophene rings is 1. The maximum atomic E-state index is 10.7. The highest BCUT2D eigenvalue weighted by atomic mass is 32.1. The van der Waals surface area contributed by atoms with Crippen LogP contribution in [0, 0.1) is 13.8 Å². The first-order chi connectivity index (χ1) is 12.6. The van der Waals surface area contributed by atoms with E-state index in [0.717, 1.165) is 34.0 Å². The molecule has 1 fully saturated rings. The van der Waals surface area contributed by atoms with Crippen molar-refractivity contribution in [3.8, 4) is 0 Å². The van der Waals surface area contributed by atoms with Gasteiger partial charge in [0.05, 0.1) is 30.7 Å². The highest BCUT2D eigenvalue weighted by Gasteiger charge is 2.29. The van der Waals surface area contributed by atoms with Crippen LogP contribution in [0.25, 0.3) is 10.2 Å². The molecular weight excluding hydrogens is 346 g/mol. The third-order valence-electron chi connectivity index (χ3n) is 4.89. The van der Waals surface area contributed by atoms with Crippen molar-refractivity contribution >= 4 is 27.4 Å². The lowest BCUT2D eigenvalue weighted by Gasteiger charge is -2.38. The molecule has 4 rings (SSSR count). The van der Waals surface area contributed by atoms with Crippen molar-refractivity contribution < 1.29 is 9.84 Å². The summed E-state index contributed by atoms with van der Waals surface area (Å²) in [5, 5.41) is 14.0. The molecule has 136 valence electrons. The molecule has 2 aromatic heterocycles. The van der Waals surface area contributed by atoms with E-state index >= 15 is 0 Å². The molecule has 0 aliphatic carbocycles. The van der Waals surface area contributed by atoms with Gasteiger partial charge in [-0.2, -0.15) is 0 Å². The van der Waals surface area contributed by atoms with Gasteiger partial charge in [0.2, 0.25) is 0 Å². The van der Waals surface area contributed by atoms with Crippen LogP contribution in [-0.4, -0.2) is 40.9 Å². The Morgan fingerprint density at radius 1 is 1.27 bits per heavy atom. The molecule has 1 saturated heterocycles. The molecule has 0 spiro atoms. The van der Waals surface area contributed by atoms with Crippen LogP contribution in [0.2, 0.25) is 0 Å². The van der Waals surface area contributed by atoms with E-state index in [0.29, 0.717) is 19.6 Å². The van der Waals surface area contributed by atoms with Gasteiger partial charge in [-0.3, -0.25) is 0 Å². The molecule has 1 aromatic carbocycles. The van der Waals surface area contributed by atoms with E-state index in [1.165, 1.54) is 5.56 Å². The molecule has 26 heavy (non-hydrogen) atoms. The second kappa shape index (κ2) is 7.31. The maximum Gasteiger partial charge on any atom is 0.141 e. The average Bonchev–Trinajstić information content (AvgIpc) is 3.03. The summed E-state index contributed by atoms with van der Waals surface area (Å²) in [6.07, 6.45) is 0.0879. The van der Waals surface area contributed by atoms with Gasteiger partial charge in [-0.05, 0) is 30.4 Å². The molecule has 1 aliphatic heterocycles. The van der Waals surface area contributed by atoms with E-state index in [1.807, 2.05) is 37.3 Å². The highest BCUT2D eigenvalue weighted by Crippen LogP contribution is 2.34. The van der Waals surface area contributed by atoms with Gasteiger partial charge in [0, 0.05) is 13.0 Å². The Balaban J connectivity index is 1.67. The number of aliphatic hydroxyl groups excluding tert-OH is 1. The molecule has 0 amide bonds. The Kier molecular flexibility index (Phi) is 4.89. The van der Waals surface area contributed by atoms with Gasteiger partial charge in [-0.1, -0.05) is 30.3 Å². The molecule has 2 unspecified atom stereocenters. The largest absolute Gasteiger partial charge is 0.388 e. The van der Waals surface area contributed by atoms with Crippen LogP contribution >= 0.6 is 11.3 Å². The predicted octanol–water partition coefficient (Wildman–Crippen LogP) is 3.64. The summed E-state index contributed by atoms with van der Waals surface area (Å²) >= 11 is 1.66. The van der Waals surface area contributed by atoms with E-state index < -0.39 is 6.10 Å². The van der Waals surface area contributed by atoms with Crippen molar-refractivity contribution in [2.24, 2.45) is 0 Å². The maximum absolute atomic E-state index is 10.7. The summed E-state index contributed by atoms with van der Waals surface area (Å²) in [6, 6.07) is 9.89. The number of fused-ring (bicyclic) bond motifs is 1. The average molecular weight is 369 g/mol. The molecule has 2 atom stereocenters. The fraction of sp³-hybridized carbons (Fsp3) is 0.400. The zero-order valence-electron chi connectivity index (χ0n) is 15.1. The second-order valence-electron chi connectivity index (χ2n) is 6.78. The Morgan fingerprint density at radius 3 is 2.88 bits per heavy atom. The Labute approximate surface area is 157 Å². The predicted molar refractivity (Wildman–Crippen MR) is 105 cm³/mol. The Morgan fingerprint density at radius 2 is 2.08 bits per heavy atom. The molecule has 3 heterocycles. The van der Waals surface area contributed by atoms with Crippen LogP contribution in [0.15, 0.2) is 35.7 Å². The second-order valence-corrected chi connectivity index (χ2v) is 7.64. The number of aliphatic hydroxyl groups is 1. The number of ether oxygens (including phenoxy) is 1. The monoisotopic (exact) mass is 369 g/mol. The normalized spacial score (nSPS) is 19.0. The van der Waals surface area contributed by atoms with Crippen LogP contribution in [0.1, 0.15) is 29.5 Å². The Hall–Kier alpha value is -2.02. The number of aryl methyl sites for hydroxylation is 2. The minimum Gasteiger partial charge on any atom is -0.388 e. The SMILES string of the molecule is Cc1nc(N2CCOCC2CC(O)c2ccccc2)c2c(C)csc2n1. The standard InChI is InChI=1S/C20H23N3O2S/c1-13-12-26-20-18(13)19(21-14(2)22-20)23-8-9-25-11-16(23)10-17(24)15-6-4-3-5-7-15/h3-7,12,16-17,24H,8-11H2,1-2H3. The number of rotatable bonds is 4. The minimum absolute atomic E-state index is 0.0794. The molecule has 0 bridgehead atoms. The molecule has 0 saturated carbocycles. The summed E-state index contributed by atoms with van der Waals surface area (Å²) in [7, 11) is 0. The van der Waals surface area contributed by atoms with Crippen LogP contribution < -0.4 is 4.90 Å². The number of morpholine rings is 1. The van der Waals surface area contributed by atoms with Gasteiger partial charge in [-0.25, -0.2) is 9.97 Å². The van der Waals surface area contributed by atoms with Gasteiger partial charge in [0.15, 0.2) is 0 Å².